The lowest BCUT2D eigenvalue weighted by molar-refractivity contribution is -0.384. The largest absolute Gasteiger partial charge is 0.323 e. The molecule has 0 aromatic heterocycles. The van der Waals surface area contributed by atoms with Gasteiger partial charge in [0.2, 0.25) is 0 Å². The lowest BCUT2D eigenvalue weighted by Crippen LogP contribution is -2.50. The molecule has 2 heterocycles. The molecule has 33 heavy (non-hydrogen) atoms. The van der Waals surface area contributed by atoms with Crippen molar-refractivity contribution in [3.05, 3.63) is 106 Å². The molecule has 0 atom stereocenters. The van der Waals surface area contributed by atoms with E-state index in [0.29, 0.717) is 29.8 Å². The Balaban J connectivity index is 1.51. The molecule has 1 amide bonds. The molecule has 166 valence electrons. The standard InChI is InChI=1S/C26H24N4O3/c31-25-26(13-15-29(16-14-26)18-19-7-3-1-4-8-19)28-24(20-9-5-2-6-10-20)22-17-21(30(32)33)11-12-23(22)27-25/h1-12,17H,13-16,18H2,(H,27,31). The predicted molar refractivity (Wildman–Crippen MR) is 127 cm³/mol. The fraction of sp³-hybridized carbons (Fsp3) is 0.231. The second-order valence-corrected chi connectivity index (χ2v) is 8.56. The van der Waals surface area contributed by atoms with E-state index in [1.165, 1.54) is 17.7 Å². The number of fused-ring (bicyclic) bond motifs is 1. The smallest absolute Gasteiger partial charge is 0.270 e. The van der Waals surface area contributed by atoms with Crippen molar-refractivity contribution in [2.45, 2.75) is 24.9 Å². The Morgan fingerprint density at radius 3 is 2.30 bits per heavy atom. The number of nitro groups is 1. The Morgan fingerprint density at radius 1 is 0.970 bits per heavy atom. The molecule has 5 rings (SSSR count). The number of aliphatic imine (C=N–C) groups is 1. The van der Waals surface area contributed by atoms with Crippen molar-refractivity contribution in [1.29, 1.82) is 0 Å². The first-order valence-electron chi connectivity index (χ1n) is 11.1. The van der Waals surface area contributed by atoms with Crippen molar-refractivity contribution in [3.8, 4) is 0 Å². The van der Waals surface area contributed by atoms with Crippen molar-refractivity contribution < 1.29 is 9.72 Å². The molecule has 0 aliphatic carbocycles. The van der Waals surface area contributed by atoms with E-state index in [0.717, 1.165) is 25.2 Å². The molecule has 3 aromatic rings. The van der Waals surface area contributed by atoms with Gasteiger partial charge in [0, 0.05) is 42.9 Å². The second kappa shape index (κ2) is 8.60. The van der Waals surface area contributed by atoms with Gasteiger partial charge in [0.1, 0.15) is 5.54 Å². The predicted octanol–water partition coefficient (Wildman–Crippen LogP) is 4.42. The molecule has 7 nitrogen and oxygen atoms in total. The number of nitrogens with one attached hydrogen (secondary N) is 1. The summed E-state index contributed by atoms with van der Waals surface area (Å²) in [6, 6.07) is 24.4. The number of nitrogens with zero attached hydrogens (tertiary/aromatic N) is 3. The van der Waals surface area contributed by atoms with Crippen LogP contribution in [-0.2, 0) is 11.3 Å². The minimum Gasteiger partial charge on any atom is -0.323 e. The number of amides is 1. The summed E-state index contributed by atoms with van der Waals surface area (Å²) in [4.78, 5) is 31.9. The van der Waals surface area contributed by atoms with Crippen LogP contribution >= 0.6 is 0 Å². The van der Waals surface area contributed by atoms with E-state index in [4.69, 9.17) is 4.99 Å². The molecule has 0 radical (unpaired) electrons. The van der Waals surface area contributed by atoms with E-state index in [1.807, 2.05) is 48.5 Å². The second-order valence-electron chi connectivity index (χ2n) is 8.56. The molecule has 0 bridgehead atoms. The number of piperidine rings is 1. The summed E-state index contributed by atoms with van der Waals surface area (Å²) in [5, 5.41) is 14.5. The van der Waals surface area contributed by atoms with E-state index in [2.05, 4.69) is 22.3 Å². The monoisotopic (exact) mass is 440 g/mol. The zero-order valence-electron chi connectivity index (χ0n) is 18.1. The molecule has 2 aliphatic rings. The Morgan fingerprint density at radius 2 is 1.64 bits per heavy atom. The van der Waals surface area contributed by atoms with Gasteiger partial charge in [-0.3, -0.25) is 24.8 Å². The summed E-state index contributed by atoms with van der Waals surface area (Å²) in [6.07, 6.45) is 1.16. The molecule has 7 heteroatoms. The van der Waals surface area contributed by atoms with Crippen LogP contribution in [0.3, 0.4) is 0 Å². The summed E-state index contributed by atoms with van der Waals surface area (Å²) in [6.45, 7) is 2.31. The molecular formula is C26H24N4O3. The van der Waals surface area contributed by atoms with Gasteiger partial charge in [-0.2, -0.15) is 0 Å². The molecule has 0 saturated carbocycles. The Hall–Kier alpha value is -3.84. The van der Waals surface area contributed by atoms with Gasteiger partial charge in [0.05, 0.1) is 16.3 Å². The summed E-state index contributed by atoms with van der Waals surface area (Å²) in [5.74, 6) is -0.150. The van der Waals surface area contributed by atoms with Gasteiger partial charge in [0.15, 0.2) is 0 Å². The number of carbonyl (C=O) groups is 1. The zero-order valence-corrected chi connectivity index (χ0v) is 18.1. The maximum absolute atomic E-state index is 13.4. The Labute approximate surface area is 191 Å². The molecule has 1 fully saturated rings. The van der Waals surface area contributed by atoms with Gasteiger partial charge in [-0.25, -0.2) is 0 Å². The Bertz CT molecular complexity index is 1220. The van der Waals surface area contributed by atoms with Crippen molar-refractivity contribution in [3.63, 3.8) is 0 Å². The van der Waals surface area contributed by atoms with Gasteiger partial charge in [0.25, 0.3) is 11.6 Å². The minimum absolute atomic E-state index is 0.0275. The van der Waals surface area contributed by atoms with Gasteiger partial charge in [-0.05, 0) is 24.5 Å². The normalized spacial score (nSPS) is 17.6. The fourth-order valence-electron chi connectivity index (χ4n) is 4.59. The van der Waals surface area contributed by atoms with Gasteiger partial charge in [-0.1, -0.05) is 60.7 Å². The number of likely N-dealkylation sites (tertiary alicyclic amines) is 1. The van der Waals surface area contributed by atoms with Crippen LogP contribution in [0, 0.1) is 10.1 Å². The van der Waals surface area contributed by atoms with Crippen molar-refractivity contribution in [2.75, 3.05) is 18.4 Å². The summed E-state index contributed by atoms with van der Waals surface area (Å²) in [7, 11) is 0. The molecule has 3 aromatic carbocycles. The first-order valence-corrected chi connectivity index (χ1v) is 11.1. The van der Waals surface area contributed by atoms with E-state index in [9.17, 15) is 14.9 Å². The first kappa shape index (κ1) is 21.0. The Kier molecular flexibility index (Phi) is 5.48. The van der Waals surface area contributed by atoms with Crippen LogP contribution in [0.25, 0.3) is 0 Å². The highest BCUT2D eigenvalue weighted by Crippen LogP contribution is 2.36. The maximum atomic E-state index is 13.4. The molecule has 1 N–H and O–H groups in total. The third kappa shape index (κ3) is 4.15. The van der Waals surface area contributed by atoms with Crippen LogP contribution in [0.5, 0.6) is 0 Å². The van der Waals surface area contributed by atoms with Crippen LogP contribution in [0.15, 0.2) is 83.9 Å². The summed E-state index contributed by atoms with van der Waals surface area (Å²) < 4.78 is 0. The third-order valence-electron chi connectivity index (χ3n) is 6.45. The topological polar surface area (TPSA) is 87.8 Å². The van der Waals surface area contributed by atoms with Gasteiger partial charge in [-0.15, -0.1) is 0 Å². The summed E-state index contributed by atoms with van der Waals surface area (Å²) >= 11 is 0. The fourth-order valence-corrected chi connectivity index (χ4v) is 4.59. The van der Waals surface area contributed by atoms with Gasteiger partial charge < -0.3 is 5.32 Å². The summed E-state index contributed by atoms with van der Waals surface area (Å²) in [5.41, 5.74) is 2.88. The lowest BCUT2D eigenvalue weighted by Gasteiger charge is -2.37. The molecular weight excluding hydrogens is 416 g/mol. The number of hydrogen-bond acceptors (Lipinski definition) is 5. The lowest BCUT2D eigenvalue weighted by atomic mass is 9.86. The average molecular weight is 441 g/mol. The van der Waals surface area contributed by atoms with Crippen molar-refractivity contribution >= 4 is 23.0 Å². The first-order chi connectivity index (χ1) is 16.0. The molecule has 1 spiro atoms. The number of carbonyl (C=O) groups excluding carboxylic acids is 1. The number of hydrogen-bond donors (Lipinski definition) is 1. The van der Waals surface area contributed by atoms with E-state index in [1.54, 1.807) is 6.07 Å². The van der Waals surface area contributed by atoms with Crippen LogP contribution in [0.2, 0.25) is 0 Å². The van der Waals surface area contributed by atoms with E-state index < -0.39 is 10.5 Å². The minimum atomic E-state index is -0.911. The van der Waals surface area contributed by atoms with Crippen molar-refractivity contribution in [2.24, 2.45) is 4.99 Å². The highest BCUT2D eigenvalue weighted by molar-refractivity contribution is 6.20. The molecule has 2 aliphatic heterocycles. The van der Waals surface area contributed by atoms with Crippen LogP contribution in [0.1, 0.15) is 29.5 Å². The number of benzene rings is 3. The van der Waals surface area contributed by atoms with Crippen LogP contribution < -0.4 is 5.32 Å². The van der Waals surface area contributed by atoms with Crippen LogP contribution in [-0.4, -0.2) is 40.1 Å². The molecule has 1 saturated heterocycles. The number of nitro benzene ring substituents is 1. The quantitative estimate of drug-likeness (QED) is 0.481. The van der Waals surface area contributed by atoms with Crippen LogP contribution in [0.4, 0.5) is 11.4 Å². The van der Waals surface area contributed by atoms with E-state index in [-0.39, 0.29) is 11.6 Å². The van der Waals surface area contributed by atoms with Gasteiger partial charge >= 0.3 is 0 Å². The number of anilines is 1. The zero-order chi connectivity index (χ0) is 22.8. The maximum Gasteiger partial charge on any atom is 0.270 e. The van der Waals surface area contributed by atoms with Crippen molar-refractivity contribution in [1.82, 2.24) is 4.90 Å². The molecule has 0 unspecified atom stereocenters. The third-order valence-corrected chi connectivity index (χ3v) is 6.45. The average Bonchev–Trinajstić information content (AvgIpc) is 2.96. The SMILES string of the molecule is O=C1Nc2ccc([N+](=O)[O-])cc2C(c2ccccc2)=NC12CCN(Cc1ccccc1)CC2. The highest BCUT2D eigenvalue weighted by atomic mass is 16.6. The van der Waals surface area contributed by atoms with E-state index >= 15 is 0 Å². The number of non-ortho nitro benzene ring substituents is 1. The highest BCUT2D eigenvalue weighted by Gasteiger charge is 2.43. The number of rotatable bonds is 4.